The maximum atomic E-state index is 12.5. The highest BCUT2D eigenvalue weighted by Gasteiger charge is 2.23. The van der Waals surface area contributed by atoms with E-state index in [1.54, 1.807) is 30.5 Å². The van der Waals surface area contributed by atoms with E-state index in [1.165, 1.54) is 0 Å². The van der Waals surface area contributed by atoms with Gasteiger partial charge < -0.3 is 15.2 Å². The molecule has 38 heavy (non-hydrogen) atoms. The Hall–Kier alpha value is -3.50. The Kier molecular flexibility index (Phi) is 8.50. The van der Waals surface area contributed by atoms with Crippen LogP contribution in [0.5, 0.6) is 0 Å². The van der Waals surface area contributed by atoms with Gasteiger partial charge in [-0.15, -0.1) is 0 Å². The molecule has 0 radical (unpaired) electrons. The number of aromatic nitrogens is 4. The van der Waals surface area contributed by atoms with E-state index < -0.39 is 10.0 Å². The summed E-state index contributed by atoms with van der Waals surface area (Å²) in [5.41, 5.74) is 0.913. The zero-order valence-electron chi connectivity index (χ0n) is 21.5. The minimum Gasteiger partial charge on any atom is -0.369 e. The van der Waals surface area contributed by atoms with Gasteiger partial charge in [-0.25, -0.2) is 23.1 Å². The lowest BCUT2D eigenvalue weighted by atomic mass is 9.82. The highest BCUT2D eigenvalue weighted by Crippen LogP contribution is 2.29. The van der Waals surface area contributed by atoms with Crippen molar-refractivity contribution in [2.24, 2.45) is 11.8 Å². The molecule has 0 bridgehead atoms. The summed E-state index contributed by atoms with van der Waals surface area (Å²) in [6, 6.07) is 16.6. The Labute approximate surface area is 224 Å². The van der Waals surface area contributed by atoms with Crippen LogP contribution in [0.2, 0.25) is 0 Å². The monoisotopic (exact) mass is 533 g/mol. The molecule has 0 spiro atoms. The van der Waals surface area contributed by atoms with Crippen LogP contribution in [0.1, 0.15) is 32.1 Å². The Bertz CT molecular complexity index is 1400. The number of fused-ring (bicyclic) bond motifs is 1. The number of sulfonamides is 1. The van der Waals surface area contributed by atoms with E-state index in [-0.39, 0.29) is 0 Å². The van der Waals surface area contributed by atoms with E-state index in [9.17, 15) is 8.42 Å². The van der Waals surface area contributed by atoms with Crippen LogP contribution in [0, 0.1) is 11.8 Å². The van der Waals surface area contributed by atoms with Gasteiger partial charge >= 0.3 is 0 Å². The smallest absolute Gasteiger partial charge is 0.240 e. The van der Waals surface area contributed by atoms with E-state index in [2.05, 4.69) is 24.9 Å². The summed E-state index contributed by atoms with van der Waals surface area (Å²) in [6.45, 7) is 3.00. The molecule has 1 aliphatic carbocycles. The largest absolute Gasteiger partial charge is 0.369 e. The number of hydrogen-bond donors (Lipinski definition) is 3. The summed E-state index contributed by atoms with van der Waals surface area (Å²) in [5.74, 6) is 2.36. The molecule has 2 heterocycles. The third-order valence-electron chi connectivity index (χ3n) is 7.18. The van der Waals surface area contributed by atoms with Gasteiger partial charge in [0, 0.05) is 44.0 Å². The minimum atomic E-state index is -3.45. The van der Waals surface area contributed by atoms with E-state index in [4.69, 9.17) is 9.97 Å². The SMILES string of the molecule is O=S(=O)(NC[C@H]1CC[C@H](CNc2nc(NCCCn3ccnc3)c3ccccc3n2)CC1)c1ccccc1. The number of nitrogens with one attached hydrogen (secondary N) is 3. The van der Waals surface area contributed by atoms with Crippen LogP contribution >= 0.6 is 0 Å². The quantitative estimate of drug-likeness (QED) is 0.229. The summed E-state index contributed by atoms with van der Waals surface area (Å²) in [6.07, 6.45) is 10.7. The summed E-state index contributed by atoms with van der Waals surface area (Å²) >= 11 is 0. The van der Waals surface area contributed by atoms with Crippen molar-refractivity contribution in [3.8, 4) is 0 Å². The van der Waals surface area contributed by atoms with Gasteiger partial charge in [0.05, 0.1) is 16.7 Å². The van der Waals surface area contributed by atoms with Gasteiger partial charge in [-0.3, -0.25) is 0 Å². The van der Waals surface area contributed by atoms with Crippen LogP contribution in [0.4, 0.5) is 11.8 Å². The number of nitrogens with zero attached hydrogens (tertiary/aromatic N) is 4. The maximum Gasteiger partial charge on any atom is 0.240 e. The minimum absolute atomic E-state index is 0.320. The topological polar surface area (TPSA) is 114 Å². The molecule has 200 valence electrons. The van der Waals surface area contributed by atoms with E-state index in [1.807, 2.05) is 42.9 Å². The number of anilines is 2. The number of rotatable bonds is 12. The van der Waals surface area contributed by atoms with E-state index in [0.717, 1.165) is 68.5 Å². The zero-order valence-corrected chi connectivity index (χ0v) is 22.3. The average Bonchev–Trinajstić information content (AvgIpc) is 3.48. The van der Waals surface area contributed by atoms with Crippen molar-refractivity contribution in [2.45, 2.75) is 43.5 Å². The van der Waals surface area contributed by atoms with Crippen LogP contribution in [-0.4, -0.2) is 47.6 Å². The second-order valence-corrected chi connectivity index (χ2v) is 11.7. The van der Waals surface area contributed by atoms with E-state index >= 15 is 0 Å². The molecular weight excluding hydrogens is 498 g/mol. The predicted molar refractivity (Wildman–Crippen MR) is 150 cm³/mol. The Morgan fingerprint density at radius 2 is 1.61 bits per heavy atom. The molecule has 2 aromatic heterocycles. The fraction of sp³-hybridized carbons (Fsp3) is 0.393. The lowest BCUT2D eigenvalue weighted by molar-refractivity contribution is 0.284. The van der Waals surface area contributed by atoms with Gasteiger partial charge in [-0.1, -0.05) is 30.3 Å². The van der Waals surface area contributed by atoms with E-state index in [0.29, 0.717) is 29.2 Å². The Morgan fingerprint density at radius 3 is 2.37 bits per heavy atom. The molecule has 2 aromatic carbocycles. The molecule has 0 atom stereocenters. The van der Waals surface area contributed by atoms with Crippen molar-refractivity contribution < 1.29 is 8.42 Å². The highest BCUT2D eigenvalue weighted by atomic mass is 32.2. The number of hydrogen-bond acceptors (Lipinski definition) is 7. The molecule has 1 saturated carbocycles. The standard InChI is InChI=1S/C28H35N7O2S/c36-38(37,24-7-2-1-3-8-24)32-20-23-13-11-22(12-14-23)19-31-28-33-26-10-5-4-9-25(26)27(34-28)30-15-6-17-35-18-16-29-21-35/h1-5,7-10,16,18,21-23,32H,6,11-15,17,19-20H2,(H2,30,31,33,34)/t22-,23-. The summed E-state index contributed by atoms with van der Waals surface area (Å²) in [7, 11) is -3.45. The van der Waals surface area contributed by atoms with Gasteiger partial charge in [0.2, 0.25) is 16.0 Å². The molecule has 10 heteroatoms. The van der Waals surface area contributed by atoms with Crippen molar-refractivity contribution in [2.75, 3.05) is 30.3 Å². The molecule has 9 nitrogen and oxygen atoms in total. The molecule has 5 rings (SSSR count). The van der Waals surface area contributed by atoms with Crippen molar-refractivity contribution in [3.63, 3.8) is 0 Å². The van der Waals surface area contributed by atoms with Crippen LogP contribution in [0.3, 0.4) is 0 Å². The van der Waals surface area contributed by atoms with Crippen LogP contribution < -0.4 is 15.4 Å². The molecule has 3 N–H and O–H groups in total. The van der Waals surface area contributed by atoms with Crippen LogP contribution in [-0.2, 0) is 16.6 Å². The second-order valence-electron chi connectivity index (χ2n) is 9.93. The third kappa shape index (κ3) is 6.87. The number of aryl methyl sites for hydroxylation is 1. The van der Waals surface area contributed by atoms with Crippen LogP contribution in [0.15, 0.2) is 78.2 Å². The lowest BCUT2D eigenvalue weighted by Gasteiger charge is -2.28. The fourth-order valence-electron chi connectivity index (χ4n) is 4.96. The molecule has 1 aliphatic rings. The molecule has 0 saturated heterocycles. The van der Waals surface area contributed by atoms with Crippen molar-refractivity contribution in [3.05, 3.63) is 73.3 Å². The van der Waals surface area contributed by atoms with Crippen LogP contribution in [0.25, 0.3) is 10.9 Å². The van der Waals surface area contributed by atoms with Gasteiger partial charge in [-0.2, -0.15) is 4.98 Å². The molecule has 0 aliphatic heterocycles. The molecular formula is C28H35N7O2S. The average molecular weight is 534 g/mol. The Balaban J connectivity index is 1.11. The zero-order chi connectivity index (χ0) is 26.2. The van der Waals surface area contributed by atoms with Gasteiger partial charge in [0.25, 0.3) is 0 Å². The first-order valence-electron chi connectivity index (χ1n) is 13.3. The first kappa shape index (κ1) is 26.1. The lowest BCUT2D eigenvalue weighted by Crippen LogP contribution is -2.32. The van der Waals surface area contributed by atoms with Crippen molar-refractivity contribution in [1.82, 2.24) is 24.2 Å². The molecule has 0 amide bonds. The third-order valence-corrected chi connectivity index (χ3v) is 8.62. The number of benzene rings is 2. The second kappa shape index (κ2) is 12.4. The number of para-hydroxylation sites is 1. The fourth-order valence-corrected chi connectivity index (χ4v) is 6.10. The highest BCUT2D eigenvalue weighted by molar-refractivity contribution is 7.89. The van der Waals surface area contributed by atoms with Gasteiger partial charge in [0.15, 0.2) is 0 Å². The number of imidazole rings is 1. The molecule has 0 unspecified atom stereocenters. The molecule has 4 aromatic rings. The Morgan fingerprint density at radius 1 is 0.868 bits per heavy atom. The van der Waals surface area contributed by atoms with Crippen molar-refractivity contribution >= 4 is 32.7 Å². The summed E-state index contributed by atoms with van der Waals surface area (Å²) < 4.78 is 29.9. The first-order chi connectivity index (χ1) is 18.6. The first-order valence-corrected chi connectivity index (χ1v) is 14.8. The van der Waals surface area contributed by atoms with Crippen molar-refractivity contribution in [1.29, 1.82) is 0 Å². The maximum absolute atomic E-state index is 12.5. The van der Waals surface area contributed by atoms with Gasteiger partial charge in [0.1, 0.15) is 5.82 Å². The predicted octanol–water partition coefficient (Wildman–Crippen LogP) is 4.53. The molecule has 1 fully saturated rings. The summed E-state index contributed by atoms with van der Waals surface area (Å²) in [5, 5.41) is 7.97. The normalized spacial score (nSPS) is 17.9. The summed E-state index contributed by atoms with van der Waals surface area (Å²) in [4.78, 5) is 13.9. The van der Waals surface area contributed by atoms with Gasteiger partial charge in [-0.05, 0) is 68.2 Å².